The second-order valence-corrected chi connectivity index (χ2v) is 7.06. The molecule has 2 saturated heterocycles. The minimum Gasteiger partial charge on any atom is -0.374 e. The van der Waals surface area contributed by atoms with Crippen LogP contribution in [0.1, 0.15) is 39.5 Å². The van der Waals surface area contributed by atoms with Gasteiger partial charge in [-0.1, -0.05) is 12.8 Å². The molecule has 21 heavy (non-hydrogen) atoms. The molecule has 2 unspecified atom stereocenters. The number of nitrogens with one attached hydrogen (secondary N) is 1. The van der Waals surface area contributed by atoms with Gasteiger partial charge in [0.05, 0.1) is 24.3 Å². The van der Waals surface area contributed by atoms with Crippen LogP contribution in [0.15, 0.2) is 0 Å². The minimum absolute atomic E-state index is 0.273. The van der Waals surface area contributed by atoms with Crippen molar-refractivity contribution in [3.05, 3.63) is 0 Å². The van der Waals surface area contributed by atoms with Crippen molar-refractivity contribution in [3.8, 4) is 0 Å². The molecule has 2 heterocycles. The van der Waals surface area contributed by atoms with Gasteiger partial charge in [-0.15, -0.1) is 0 Å². The molecule has 2 aliphatic heterocycles. The number of ether oxygens (including phenoxy) is 1. The number of carbonyl (C=O) groups is 1. The van der Waals surface area contributed by atoms with Gasteiger partial charge in [0.1, 0.15) is 0 Å². The minimum atomic E-state index is -0.401. The van der Waals surface area contributed by atoms with Gasteiger partial charge in [-0.3, -0.25) is 9.69 Å². The number of nitrogens with zero attached hydrogens (tertiary/aromatic N) is 2. The number of amides is 1. The summed E-state index contributed by atoms with van der Waals surface area (Å²) in [4.78, 5) is 17.6. The predicted octanol–water partition coefficient (Wildman–Crippen LogP) is 0.840. The Morgan fingerprint density at radius 2 is 1.86 bits per heavy atom. The fourth-order valence-corrected chi connectivity index (χ4v) is 4.06. The van der Waals surface area contributed by atoms with E-state index in [9.17, 15) is 4.79 Å². The van der Waals surface area contributed by atoms with E-state index < -0.39 is 5.54 Å². The van der Waals surface area contributed by atoms with Crippen molar-refractivity contribution in [1.82, 2.24) is 15.1 Å². The van der Waals surface area contributed by atoms with Crippen LogP contribution in [0.4, 0.5) is 0 Å². The molecule has 3 rings (SSSR count). The van der Waals surface area contributed by atoms with Crippen molar-refractivity contribution in [1.29, 1.82) is 0 Å². The summed E-state index contributed by atoms with van der Waals surface area (Å²) in [7, 11) is 0. The first kappa shape index (κ1) is 15.3. The van der Waals surface area contributed by atoms with Crippen LogP contribution in [0.5, 0.6) is 0 Å². The fraction of sp³-hybridized carbons (Fsp3) is 0.938. The largest absolute Gasteiger partial charge is 0.374 e. The van der Waals surface area contributed by atoms with E-state index in [1.54, 1.807) is 0 Å². The van der Waals surface area contributed by atoms with Crippen molar-refractivity contribution < 1.29 is 9.53 Å². The van der Waals surface area contributed by atoms with Gasteiger partial charge in [0.2, 0.25) is 5.91 Å². The van der Waals surface area contributed by atoms with Gasteiger partial charge in [-0.25, -0.2) is 0 Å². The average molecular weight is 295 g/mol. The number of morpholine rings is 1. The number of carbonyl (C=O) groups excluding carboxylic acids is 1. The van der Waals surface area contributed by atoms with Gasteiger partial charge in [-0.05, 0) is 26.7 Å². The first-order valence-corrected chi connectivity index (χ1v) is 8.49. The topological polar surface area (TPSA) is 44.8 Å². The van der Waals surface area contributed by atoms with E-state index in [1.807, 2.05) is 0 Å². The average Bonchev–Trinajstić information content (AvgIpc) is 2.54. The Bertz CT molecular complexity index is 378. The van der Waals surface area contributed by atoms with E-state index >= 15 is 0 Å². The van der Waals surface area contributed by atoms with Crippen LogP contribution in [-0.4, -0.2) is 72.7 Å². The summed E-state index contributed by atoms with van der Waals surface area (Å²) >= 11 is 0. The van der Waals surface area contributed by atoms with Crippen LogP contribution in [-0.2, 0) is 9.53 Å². The Kier molecular flexibility index (Phi) is 4.52. The van der Waals surface area contributed by atoms with Gasteiger partial charge in [0, 0.05) is 32.7 Å². The standard InChI is InChI=1S/C16H29N3O2/c1-16(2,18-9-7-17-8-10-18)15(20)19-11-12-21-14-6-4-3-5-13(14)19/h13-14,17H,3-12H2,1-2H3. The van der Waals surface area contributed by atoms with Crippen molar-refractivity contribution in [2.75, 3.05) is 39.3 Å². The molecular weight excluding hydrogens is 266 g/mol. The predicted molar refractivity (Wildman–Crippen MR) is 82.2 cm³/mol. The third kappa shape index (κ3) is 2.96. The molecule has 0 aromatic heterocycles. The zero-order chi connectivity index (χ0) is 14.9. The Labute approximate surface area is 128 Å². The Morgan fingerprint density at radius 1 is 1.14 bits per heavy atom. The molecular formula is C16H29N3O2. The molecule has 0 radical (unpaired) electrons. The molecule has 0 aromatic carbocycles. The summed E-state index contributed by atoms with van der Waals surface area (Å²) in [5.41, 5.74) is -0.401. The second kappa shape index (κ2) is 6.23. The number of rotatable bonds is 2. The van der Waals surface area contributed by atoms with E-state index in [0.717, 1.165) is 45.6 Å². The number of hydrogen-bond acceptors (Lipinski definition) is 4. The molecule has 1 saturated carbocycles. The molecule has 1 aliphatic carbocycles. The first-order valence-electron chi connectivity index (χ1n) is 8.49. The smallest absolute Gasteiger partial charge is 0.242 e. The highest BCUT2D eigenvalue weighted by Gasteiger charge is 2.44. The highest BCUT2D eigenvalue weighted by atomic mass is 16.5. The highest BCUT2D eigenvalue weighted by Crippen LogP contribution is 2.31. The summed E-state index contributed by atoms with van der Waals surface area (Å²) in [6.07, 6.45) is 4.96. The van der Waals surface area contributed by atoms with Crippen LogP contribution in [0.2, 0.25) is 0 Å². The molecule has 5 nitrogen and oxygen atoms in total. The van der Waals surface area contributed by atoms with Gasteiger partial charge in [0.25, 0.3) is 0 Å². The SMILES string of the molecule is CC(C)(C(=O)N1CCOC2CCCCC21)N1CCNCC1. The number of piperazine rings is 1. The fourth-order valence-electron chi connectivity index (χ4n) is 4.06. The normalized spacial score (nSPS) is 31.8. The van der Waals surface area contributed by atoms with E-state index in [1.165, 1.54) is 12.8 Å². The summed E-state index contributed by atoms with van der Waals surface area (Å²) in [6.45, 7) is 9.51. The zero-order valence-corrected chi connectivity index (χ0v) is 13.4. The van der Waals surface area contributed by atoms with E-state index in [0.29, 0.717) is 18.6 Å². The summed E-state index contributed by atoms with van der Waals surface area (Å²) < 4.78 is 5.90. The van der Waals surface area contributed by atoms with E-state index in [2.05, 4.69) is 29.0 Å². The maximum absolute atomic E-state index is 13.2. The van der Waals surface area contributed by atoms with Crippen LogP contribution < -0.4 is 5.32 Å². The number of hydrogen-bond donors (Lipinski definition) is 1. The molecule has 2 atom stereocenters. The van der Waals surface area contributed by atoms with E-state index in [4.69, 9.17) is 4.74 Å². The molecule has 0 spiro atoms. The summed E-state index contributed by atoms with van der Waals surface area (Å²) in [5, 5.41) is 3.36. The zero-order valence-electron chi connectivity index (χ0n) is 13.4. The maximum atomic E-state index is 13.2. The lowest BCUT2D eigenvalue weighted by Crippen LogP contribution is -2.65. The lowest BCUT2D eigenvalue weighted by molar-refractivity contribution is -0.160. The molecule has 1 amide bonds. The van der Waals surface area contributed by atoms with Crippen molar-refractivity contribution in [2.24, 2.45) is 0 Å². The lowest BCUT2D eigenvalue weighted by Gasteiger charge is -2.49. The third-order valence-electron chi connectivity index (χ3n) is 5.42. The van der Waals surface area contributed by atoms with Gasteiger partial charge in [-0.2, -0.15) is 0 Å². The third-order valence-corrected chi connectivity index (χ3v) is 5.42. The molecule has 120 valence electrons. The molecule has 0 aromatic rings. The van der Waals surface area contributed by atoms with Crippen LogP contribution >= 0.6 is 0 Å². The maximum Gasteiger partial charge on any atom is 0.242 e. The number of fused-ring (bicyclic) bond motifs is 1. The molecule has 5 heteroatoms. The Balaban J connectivity index is 1.72. The van der Waals surface area contributed by atoms with Crippen LogP contribution in [0.25, 0.3) is 0 Å². The van der Waals surface area contributed by atoms with E-state index in [-0.39, 0.29) is 6.10 Å². The van der Waals surface area contributed by atoms with Crippen molar-refractivity contribution in [2.45, 2.75) is 57.2 Å². The van der Waals surface area contributed by atoms with Crippen LogP contribution in [0, 0.1) is 0 Å². The van der Waals surface area contributed by atoms with Gasteiger partial charge >= 0.3 is 0 Å². The Hall–Kier alpha value is -0.650. The summed E-state index contributed by atoms with van der Waals surface area (Å²) in [6, 6.07) is 0.308. The molecule has 3 aliphatic rings. The second-order valence-electron chi connectivity index (χ2n) is 7.06. The molecule has 3 fully saturated rings. The molecule has 1 N–H and O–H groups in total. The lowest BCUT2D eigenvalue weighted by atomic mass is 9.88. The Morgan fingerprint density at radius 3 is 2.62 bits per heavy atom. The highest BCUT2D eigenvalue weighted by molar-refractivity contribution is 5.86. The van der Waals surface area contributed by atoms with Crippen LogP contribution in [0.3, 0.4) is 0 Å². The van der Waals surface area contributed by atoms with Gasteiger partial charge in [0.15, 0.2) is 0 Å². The van der Waals surface area contributed by atoms with Gasteiger partial charge < -0.3 is 15.0 Å². The first-order chi connectivity index (χ1) is 10.1. The quantitative estimate of drug-likeness (QED) is 0.820. The monoisotopic (exact) mass is 295 g/mol. The van der Waals surface area contributed by atoms with Crippen molar-refractivity contribution >= 4 is 5.91 Å². The summed E-state index contributed by atoms with van der Waals surface area (Å²) in [5.74, 6) is 0.296. The molecule has 0 bridgehead atoms. The van der Waals surface area contributed by atoms with Crippen molar-refractivity contribution in [3.63, 3.8) is 0 Å².